The molecule has 1 aliphatic rings. The summed E-state index contributed by atoms with van der Waals surface area (Å²) in [6.07, 6.45) is 4.21. The number of carbonyl (C=O) groups is 2. The largest absolute Gasteiger partial charge is 0.452 e. The van der Waals surface area contributed by atoms with Crippen LogP contribution in [0.15, 0.2) is 24.3 Å². The van der Waals surface area contributed by atoms with Gasteiger partial charge in [-0.1, -0.05) is 6.92 Å². The van der Waals surface area contributed by atoms with Crippen LogP contribution in [-0.2, 0) is 9.53 Å². The summed E-state index contributed by atoms with van der Waals surface area (Å²) in [6.45, 7) is 1.95. The summed E-state index contributed by atoms with van der Waals surface area (Å²) in [5, 5.41) is 11.6. The molecule has 0 aliphatic heterocycles. The summed E-state index contributed by atoms with van der Waals surface area (Å²) in [6, 6.07) is 8.28. The number of esters is 1. The third-order valence-corrected chi connectivity index (χ3v) is 3.97. The zero-order chi connectivity index (χ0) is 15.9. The van der Waals surface area contributed by atoms with Crippen molar-refractivity contribution in [1.82, 2.24) is 5.32 Å². The lowest BCUT2D eigenvalue weighted by molar-refractivity contribution is -0.125. The van der Waals surface area contributed by atoms with Gasteiger partial charge >= 0.3 is 5.97 Å². The summed E-state index contributed by atoms with van der Waals surface area (Å²) < 4.78 is 4.99. The third kappa shape index (κ3) is 4.59. The van der Waals surface area contributed by atoms with Crippen molar-refractivity contribution in [2.45, 2.75) is 38.6 Å². The molecular weight excluding hydrogens is 280 g/mol. The highest BCUT2D eigenvalue weighted by molar-refractivity contribution is 5.91. The van der Waals surface area contributed by atoms with Crippen LogP contribution in [0, 0.1) is 17.2 Å². The first kappa shape index (κ1) is 16.0. The fourth-order valence-corrected chi connectivity index (χ4v) is 2.57. The molecule has 1 N–H and O–H groups in total. The Bertz CT molecular complexity index is 567. The lowest BCUT2D eigenvalue weighted by Gasteiger charge is -2.26. The van der Waals surface area contributed by atoms with Gasteiger partial charge in [0.25, 0.3) is 5.91 Å². The third-order valence-electron chi connectivity index (χ3n) is 3.97. The van der Waals surface area contributed by atoms with E-state index in [0.29, 0.717) is 11.1 Å². The van der Waals surface area contributed by atoms with E-state index in [2.05, 4.69) is 12.2 Å². The van der Waals surface area contributed by atoms with E-state index in [1.807, 2.05) is 6.07 Å². The molecule has 1 amide bonds. The van der Waals surface area contributed by atoms with Gasteiger partial charge < -0.3 is 10.1 Å². The highest BCUT2D eigenvalue weighted by atomic mass is 16.5. The van der Waals surface area contributed by atoms with Crippen molar-refractivity contribution in [3.8, 4) is 6.07 Å². The molecule has 22 heavy (non-hydrogen) atoms. The van der Waals surface area contributed by atoms with Crippen LogP contribution < -0.4 is 5.32 Å². The van der Waals surface area contributed by atoms with Gasteiger partial charge in [0.1, 0.15) is 0 Å². The molecule has 1 aliphatic carbocycles. The first-order valence-electron chi connectivity index (χ1n) is 7.55. The van der Waals surface area contributed by atoms with E-state index < -0.39 is 5.97 Å². The van der Waals surface area contributed by atoms with Crippen molar-refractivity contribution in [2.24, 2.45) is 5.92 Å². The molecule has 0 bridgehead atoms. The van der Waals surface area contributed by atoms with Gasteiger partial charge in [0.15, 0.2) is 6.61 Å². The zero-order valence-corrected chi connectivity index (χ0v) is 12.7. The summed E-state index contributed by atoms with van der Waals surface area (Å²) in [7, 11) is 0. The molecule has 5 heteroatoms. The average molecular weight is 300 g/mol. The van der Waals surface area contributed by atoms with E-state index in [9.17, 15) is 9.59 Å². The maximum atomic E-state index is 11.8. The van der Waals surface area contributed by atoms with E-state index in [0.717, 1.165) is 31.6 Å². The Morgan fingerprint density at radius 1 is 1.23 bits per heavy atom. The van der Waals surface area contributed by atoms with Crippen LogP contribution in [0.4, 0.5) is 0 Å². The molecular formula is C17H20N2O3. The molecule has 5 nitrogen and oxygen atoms in total. The second-order valence-corrected chi connectivity index (χ2v) is 5.79. The van der Waals surface area contributed by atoms with E-state index in [-0.39, 0.29) is 18.6 Å². The van der Waals surface area contributed by atoms with Gasteiger partial charge in [-0.15, -0.1) is 0 Å². The lowest BCUT2D eigenvalue weighted by atomic mass is 9.87. The minimum atomic E-state index is -0.558. The highest BCUT2D eigenvalue weighted by Gasteiger charge is 2.20. The number of nitrogens with one attached hydrogen (secondary N) is 1. The first-order valence-corrected chi connectivity index (χ1v) is 7.55. The van der Waals surface area contributed by atoms with Gasteiger partial charge in [-0.25, -0.2) is 4.79 Å². The Kier molecular flexibility index (Phi) is 5.54. The monoisotopic (exact) mass is 300 g/mol. The predicted octanol–water partition coefficient (Wildman–Crippen LogP) is 2.41. The molecule has 1 aromatic carbocycles. The van der Waals surface area contributed by atoms with Gasteiger partial charge in [-0.3, -0.25) is 4.79 Å². The minimum Gasteiger partial charge on any atom is -0.452 e. The Hall–Kier alpha value is -2.35. The SMILES string of the molecule is CC1CCC(NC(=O)COC(=O)c2ccc(C#N)cc2)CC1. The fourth-order valence-electron chi connectivity index (χ4n) is 2.57. The summed E-state index contributed by atoms with van der Waals surface area (Å²) in [5.74, 6) is -0.0965. The van der Waals surface area contributed by atoms with Crippen molar-refractivity contribution in [3.05, 3.63) is 35.4 Å². The fraction of sp³-hybridized carbons (Fsp3) is 0.471. The number of carbonyl (C=O) groups excluding carboxylic acids is 2. The van der Waals surface area contributed by atoms with Crippen molar-refractivity contribution in [2.75, 3.05) is 6.61 Å². The van der Waals surface area contributed by atoms with E-state index >= 15 is 0 Å². The van der Waals surface area contributed by atoms with Crippen LogP contribution in [0.25, 0.3) is 0 Å². The predicted molar refractivity (Wildman–Crippen MR) is 81.0 cm³/mol. The maximum Gasteiger partial charge on any atom is 0.338 e. The van der Waals surface area contributed by atoms with Crippen molar-refractivity contribution < 1.29 is 14.3 Å². The molecule has 0 heterocycles. The lowest BCUT2D eigenvalue weighted by Crippen LogP contribution is -2.39. The summed E-state index contributed by atoms with van der Waals surface area (Å²) >= 11 is 0. The molecule has 0 saturated heterocycles. The Labute approximate surface area is 130 Å². The molecule has 1 aromatic rings. The number of nitrogens with zero attached hydrogens (tertiary/aromatic N) is 1. The van der Waals surface area contributed by atoms with Gasteiger partial charge in [0.05, 0.1) is 17.2 Å². The van der Waals surface area contributed by atoms with E-state index in [1.165, 1.54) is 12.1 Å². The van der Waals surface area contributed by atoms with Crippen LogP contribution in [0.1, 0.15) is 48.5 Å². The van der Waals surface area contributed by atoms with Crippen molar-refractivity contribution in [1.29, 1.82) is 5.26 Å². The Morgan fingerprint density at radius 3 is 2.45 bits per heavy atom. The van der Waals surface area contributed by atoms with Crippen LogP contribution in [0.5, 0.6) is 0 Å². The molecule has 1 saturated carbocycles. The molecule has 0 spiro atoms. The molecule has 0 radical (unpaired) electrons. The first-order chi connectivity index (χ1) is 10.6. The summed E-state index contributed by atoms with van der Waals surface area (Å²) in [4.78, 5) is 23.6. The number of hydrogen-bond donors (Lipinski definition) is 1. The van der Waals surface area contributed by atoms with Crippen LogP contribution in [0.3, 0.4) is 0 Å². The van der Waals surface area contributed by atoms with Crippen molar-refractivity contribution in [3.63, 3.8) is 0 Å². The van der Waals surface area contributed by atoms with Gasteiger partial charge in [-0.2, -0.15) is 5.26 Å². The van der Waals surface area contributed by atoms with Gasteiger partial charge in [0.2, 0.25) is 0 Å². The second-order valence-electron chi connectivity index (χ2n) is 5.79. The standard InChI is InChI=1S/C17H20N2O3/c1-12-2-8-15(9-3-12)19-16(20)11-22-17(21)14-6-4-13(10-18)5-7-14/h4-7,12,15H,2-3,8-9,11H2,1H3,(H,19,20). The van der Waals surface area contributed by atoms with Crippen molar-refractivity contribution >= 4 is 11.9 Å². The molecule has 0 atom stereocenters. The number of nitriles is 1. The molecule has 0 aromatic heterocycles. The molecule has 1 fully saturated rings. The Balaban J connectivity index is 1.75. The van der Waals surface area contributed by atoms with E-state index in [1.54, 1.807) is 12.1 Å². The number of benzene rings is 1. The van der Waals surface area contributed by atoms with Gasteiger partial charge in [-0.05, 0) is 55.9 Å². The quantitative estimate of drug-likeness (QED) is 0.866. The minimum absolute atomic E-state index is 0.192. The number of amides is 1. The maximum absolute atomic E-state index is 11.8. The normalized spacial score (nSPS) is 20.7. The number of hydrogen-bond acceptors (Lipinski definition) is 4. The topological polar surface area (TPSA) is 79.2 Å². The van der Waals surface area contributed by atoms with E-state index in [4.69, 9.17) is 10.00 Å². The molecule has 2 rings (SSSR count). The summed E-state index contributed by atoms with van der Waals surface area (Å²) in [5.41, 5.74) is 0.805. The molecule has 116 valence electrons. The van der Waals surface area contributed by atoms with Crippen LogP contribution in [0.2, 0.25) is 0 Å². The highest BCUT2D eigenvalue weighted by Crippen LogP contribution is 2.23. The number of ether oxygens (including phenoxy) is 1. The second kappa shape index (κ2) is 7.60. The van der Waals surface area contributed by atoms with Crippen LogP contribution >= 0.6 is 0 Å². The number of rotatable bonds is 4. The zero-order valence-electron chi connectivity index (χ0n) is 12.7. The van der Waals surface area contributed by atoms with Gasteiger partial charge in [0, 0.05) is 6.04 Å². The molecule has 0 unspecified atom stereocenters. The van der Waals surface area contributed by atoms with Crippen LogP contribution in [-0.4, -0.2) is 24.5 Å². The average Bonchev–Trinajstić information content (AvgIpc) is 2.55. The Morgan fingerprint density at radius 2 is 1.86 bits per heavy atom. The smallest absolute Gasteiger partial charge is 0.338 e.